The third kappa shape index (κ3) is 4.22. The lowest BCUT2D eigenvalue weighted by Gasteiger charge is -2.36. The second-order valence-electron chi connectivity index (χ2n) is 7.11. The molecule has 1 atom stereocenters. The summed E-state index contributed by atoms with van der Waals surface area (Å²) in [6.07, 6.45) is 1.43. The molecule has 1 amide bonds. The van der Waals surface area contributed by atoms with Crippen LogP contribution in [0.1, 0.15) is 19.8 Å². The molecule has 1 unspecified atom stereocenters. The van der Waals surface area contributed by atoms with Crippen molar-refractivity contribution in [3.05, 3.63) is 24.3 Å². The summed E-state index contributed by atoms with van der Waals surface area (Å²) in [7, 11) is -1.25. The number of nitrogens with zero attached hydrogens (tertiary/aromatic N) is 3. The summed E-state index contributed by atoms with van der Waals surface area (Å²) in [5.74, 6) is 0.234. The zero-order chi connectivity index (χ0) is 18.0. The first kappa shape index (κ1) is 18.4. The Kier molecular flexibility index (Phi) is 5.46. The summed E-state index contributed by atoms with van der Waals surface area (Å²) in [5.41, 5.74) is 0.786. The van der Waals surface area contributed by atoms with Crippen LogP contribution in [0.4, 0.5) is 5.69 Å². The van der Waals surface area contributed by atoms with Crippen LogP contribution in [0.3, 0.4) is 0 Å². The van der Waals surface area contributed by atoms with Gasteiger partial charge in [-0.3, -0.25) is 9.69 Å². The Morgan fingerprint density at radius 2 is 1.68 bits per heavy atom. The molecule has 7 heteroatoms. The normalized spacial score (nSPS) is 21.7. The van der Waals surface area contributed by atoms with Crippen molar-refractivity contribution in [1.29, 1.82) is 0 Å². The van der Waals surface area contributed by atoms with Crippen LogP contribution in [-0.4, -0.2) is 75.7 Å². The minimum absolute atomic E-state index is 0.00136. The van der Waals surface area contributed by atoms with Crippen molar-refractivity contribution in [1.82, 2.24) is 9.80 Å². The first-order chi connectivity index (χ1) is 11.9. The maximum atomic E-state index is 12.7. The smallest absolute Gasteiger partial charge is 0.227 e. The van der Waals surface area contributed by atoms with Crippen LogP contribution in [0.5, 0.6) is 0 Å². The Bertz CT molecular complexity index is 710. The maximum Gasteiger partial charge on any atom is 0.227 e. The number of hydrogen-bond acceptors (Lipinski definition) is 5. The fourth-order valence-corrected chi connectivity index (χ4v) is 5.13. The number of rotatable bonds is 5. The van der Waals surface area contributed by atoms with Gasteiger partial charge in [0.2, 0.25) is 5.91 Å². The van der Waals surface area contributed by atoms with Crippen molar-refractivity contribution < 1.29 is 13.2 Å². The molecule has 138 valence electrons. The molecule has 2 aliphatic heterocycles. The van der Waals surface area contributed by atoms with Crippen molar-refractivity contribution in [3.8, 4) is 0 Å². The highest BCUT2D eigenvalue weighted by atomic mass is 32.2. The molecular formula is C18H27N3O3S. The van der Waals surface area contributed by atoms with Gasteiger partial charge in [0.15, 0.2) is 9.84 Å². The van der Waals surface area contributed by atoms with Gasteiger partial charge < -0.3 is 9.80 Å². The van der Waals surface area contributed by atoms with Gasteiger partial charge in [-0.05, 0) is 44.7 Å². The SMILES string of the molecule is CC(CS(=O)(=O)c1ccc(N2CCCC2=O)cc1)N1CCN(C)CC1. The molecule has 0 bridgehead atoms. The highest BCUT2D eigenvalue weighted by molar-refractivity contribution is 7.91. The summed E-state index contributed by atoms with van der Waals surface area (Å²) in [4.78, 5) is 18.4. The second-order valence-corrected chi connectivity index (χ2v) is 9.15. The maximum absolute atomic E-state index is 12.7. The van der Waals surface area contributed by atoms with E-state index in [2.05, 4.69) is 16.8 Å². The molecule has 1 aromatic rings. The van der Waals surface area contributed by atoms with E-state index >= 15 is 0 Å². The number of carbonyl (C=O) groups excluding carboxylic acids is 1. The lowest BCUT2D eigenvalue weighted by Crippen LogP contribution is -2.49. The van der Waals surface area contributed by atoms with Crippen LogP contribution in [0.15, 0.2) is 29.2 Å². The molecule has 2 fully saturated rings. The van der Waals surface area contributed by atoms with E-state index in [9.17, 15) is 13.2 Å². The van der Waals surface area contributed by atoms with Gasteiger partial charge in [0.1, 0.15) is 0 Å². The highest BCUT2D eigenvalue weighted by Crippen LogP contribution is 2.24. The minimum atomic E-state index is -3.33. The molecule has 1 aromatic carbocycles. The Morgan fingerprint density at radius 3 is 2.24 bits per heavy atom. The predicted octanol–water partition coefficient (Wildman–Crippen LogP) is 1.22. The van der Waals surface area contributed by atoms with E-state index in [-0.39, 0.29) is 17.7 Å². The number of sulfone groups is 1. The molecule has 2 heterocycles. The monoisotopic (exact) mass is 365 g/mol. The third-order valence-corrected chi connectivity index (χ3v) is 7.11. The van der Waals surface area contributed by atoms with Crippen LogP contribution in [-0.2, 0) is 14.6 Å². The van der Waals surface area contributed by atoms with Crippen LogP contribution in [0.25, 0.3) is 0 Å². The third-order valence-electron chi connectivity index (χ3n) is 5.20. The molecule has 25 heavy (non-hydrogen) atoms. The van der Waals surface area contributed by atoms with E-state index < -0.39 is 9.84 Å². The van der Waals surface area contributed by atoms with Crippen LogP contribution in [0.2, 0.25) is 0 Å². The van der Waals surface area contributed by atoms with Gasteiger partial charge in [-0.25, -0.2) is 8.42 Å². The molecule has 0 spiro atoms. The van der Waals surface area contributed by atoms with Gasteiger partial charge in [0.25, 0.3) is 0 Å². The summed E-state index contributed by atoms with van der Waals surface area (Å²) in [5, 5.41) is 0. The van der Waals surface area contributed by atoms with Gasteiger partial charge in [-0.1, -0.05) is 0 Å². The number of piperazine rings is 1. The van der Waals surface area contributed by atoms with Crippen molar-refractivity contribution in [2.45, 2.75) is 30.7 Å². The molecular weight excluding hydrogens is 338 g/mol. The van der Waals surface area contributed by atoms with E-state index in [4.69, 9.17) is 0 Å². The highest BCUT2D eigenvalue weighted by Gasteiger charge is 2.26. The number of amides is 1. The average molecular weight is 365 g/mol. The zero-order valence-corrected chi connectivity index (χ0v) is 15.8. The number of benzene rings is 1. The average Bonchev–Trinajstić information content (AvgIpc) is 3.01. The molecule has 0 aliphatic carbocycles. The van der Waals surface area contributed by atoms with Crippen molar-refractivity contribution in [2.24, 2.45) is 0 Å². The molecule has 0 aromatic heterocycles. The first-order valence-electron chi connectivity index (χ1n) is 8.92. The van der Waals surface area contributed by atoms with E-state index in [1.165, 1.54) is 0 Å². The Hall–Kier alpha value is -1.44. The Morgan fingerprint density at radius 1 is 1.04 bits per heavy atom. The van der Waals surface area contributed by atoms with E-state index in [0.717, 1.165) is 38.3 Å². The fourth-order valence-electron chi connectivity index (χ4n) is 3.54. The minimum Gasteiger partial charge on any atom is -0.312 e. The Labute approximate surface area is 150 Å². The Balaban J connectivity index is 1.66. The van der Waals surface area contributed by atoms with Crippen molar-refractivity contribution in [2.75, 3.05) is 50.4 Å². The van der Waals surface area contributed by atoms with Crippen LogP contribution < -0.4 is 4.90 Å². The molecule has 0 radical (unpaired) electrons. The quantitative estimate of drug-likeness (QED) is 0.785. The molecule has 2 saturated heterocycles. The lowest BCUT2D eigenvalue weighted by atomic mass is 10.2. The molecule has 0 saturated carbocycles. The van der Waals surface area contributed by atoms with E-state index in [1.807, 2.05) is 6.92 Å². The molecule has 2 aliphatic rings. The summed E-state index contributed by atoms with van der Waals surface area (Å²) < 4.78 is 25.5. The topological polar surface area (TPSA) is 60.9 Å². The number of carbonyl (C=O) groups is 1. The zero-order valence-electron chi connectivity index (χ0n) is 15.0. The number of anilines is 1. The fraction of sp³-hybridized carbons (Fsp3) is 0.611. The number of likely N-dealkylation sites (N-methyl/N-ethyl adjacent to an activating group) is 1. The summed E-state index contributed by atoms with van der Waals surface area (Å²) in [6, 6.07) is 6.76. The van der Waals surface area contributed by atoms with Crippen molar-refractivity contribution in [3.63, 3.8) is 0 Å². The molecule has 0 N–H and O–H groups in total. The predicted molar refractivity (Wildman–Crippen MR) is 98.6 cm³/mol. The van der Waals surface area contributed by atoms with Crippen molar-refractivity contribution >= 4 is 21.4 Å². The van der Waals surface area contributed by atoms with E-state index in [0.29, 0.717) is 17.9 Å². The van der Waals surface area contributed by atoms with Crippen LogP contribution in [0, 0.1) is 0 Å². The van der Waals surface area contributed by atoms with Gasteiger partial charge in [-0.15, -0.1) is 0 Å². The standard InChI is InChI=1S/C18H27N3O3S/c1-15(20-12-10-19(2)11-13-20)14-25(23,24)17-7-5-16(6-8-17)21-9-3-4-18(21)22/h5-8,15H,3-4,9-14H2,1-2H3. The first-order valence-corrected chi connectivity index (χ1v) is 10.6. The second kappa shape index (κ2) is 7.43. The van der Waals surface area contributed by atoms with Gasteiger partial charge >= 0.3 is 0 Å². The molecule has 3 rings (SSSR count). The van der Waals surface area contributed by atoms with Gasteiger partial charge in [0.05, 0.1) is 10.6 Å². The number of hydrogen-bond donors (Lipinski definition) is 0. The summed E-state index contributed by atoms with van der Waals surface area (Å²) in [6.45, 7) is 6.46. The van der Waals surface area contributed by atoms with Gasteiger partial charge in [-0.2, -0.15) is 0 Å². The largest absolute Gasteiger partial charge is 0.312 e. The van der Waals surface area contributed by atoms with Gasteiger partial charge in [0, 0.05) is 50.9 Å². The lowest BCUT2D eigenvalue weighted by molar-refractivity contribution is -0.117. The van der Waals surface area contributed by atoms with Crippen LogP contribution >= 0.6 is 0 Å². The van der Waals surface area contributed by atoms with E-state index in [1.54, 1.807) is 29.2 Å². The molecule has 6 nitrogen and oxygen atoms in total. The summed E-state index contributed by atoms with van der Waals surface area (Å²) >= 11 is 0.